The van der Waals surface area contributed by atoms with Gasteiger partial charge in [-0.05, 0) is 37.7 Å². The minimum Gasteiger partial charge on any atom is -0.464 e. The molecule has 2 amide bonds. The molecule has 150 valence electrons. The molecule has 1 rings (SSSR count). The van der Waals surface area contributed by atoms with Crippen molar-refractivity contribution in [3.05, 3.63) is 35.9 Å². The Morgan fingerprint density at radius 3 is 2.22 bits per heavy atom. The quantitative estimate of drug-likeness (QED) is 0.582. The van der Waals surface area contributed by atoms with Crippen molar-refractivity contribution in [2.24, 2.45) is 5.92 Å². The van der Waals surface area contributed by atoms with E-state index < -0.39 is 18.1 Å². The summed E-state index contributed by atoms with van der Waals surface area (Å²) in [5.74, 6) is -0.759. The molecule has 0 aliphatic heterocycles. The van der Waals surface area contributed by atoms with E-state index in [0.29, 0.717) is 25.7 Å². The van der Waals surface area contributed by atoms with Crippen molar-refractivity contribution >= 4 is 17.8 Å². The Morgan fingerprint density at radius 1 is 1.00 bits per heavy atom. The van der Waals surface area contributed by atoms with Crippen LogP contribution in [0.3, 0.4) is 0 Å². The van der Waals surface area contributed by atoms with E-state index in [0.717, 1.165) is 5.56 Å². The number of amides is 2. The van der Waals surface area contributed by atoms with Gasteiger partial charge in [-0.3, -0.25) is 9.59 Å². The summed E-state index contributed by atoms with van der Waals surface area (Å²) >= 11 is 0. The molecule has 1 aromatic rings. The van der Waals surface area contributed by atoms with Gasteiger partial charge in [0.2, 0.25) is 11.8 Å². The van der Waals surface area contributed by atoms with E-state index in [4.69, 9.17) is 4.74 Å². The van der Waals surface area contributed by atoms with Crippen molar-refractivity contribution in [2.45, 2.75) is 65.5 Å². The van der Waals surface area contributed by atoms with Crippen LogP contribution in [0.15, 0.2) is 30.3 Å². The highest BCUT2D eigenvalue weighted by Crippen LogP contribution is 2.08. The highest BCUT2D eigenvalue weighted by molar-refractivity contribution is 5.90. The summed E-state index contributed by atoms with van der Waals surface area (Å²) in [5.41, 5.74) is 1.07. The van der Waals surface area contributed by atoms with E-state index in [1.807, 2.05) is 44.2 Å². The predicted molar refractivity (Wildman–Crippen MR) is 105 cm³/mol. The zero-order valence-electron chi connectivity index (χ0n) is 16.8. The summed E-state index contributed by atoms with van der Waals surface area (Å²) in [5, 5.41) is 5.52. The largest absolute Gasteiger partial charge is 0.464 e. The molecule has 0 heterocycles. The van der Waals surface area contributed by atoms with E-state index in [1.54, 1.807) is 13.8 Å². The minimum absolute atomic E-state index is 0.177. The van der Waals surface area contributed by atoms with Gasteiger partial charge in [-0.1, -0.05) is 51.1 Å². The van der Waals surface area contributed by atoms with Crippen LogP contribution < -0.4 is 10.6 Å². The fourth-order valence-electron chi connectivity index (χ4n) is 2.71. The molecule has 0 saturated carbocycles. The van der Waals surface area contributed by atoms with E-state index in [-0.39, 0.29) is 24.3 Å². The van der Waals surface area contributed by atoms with Gasteiger partial charge in [0.1, 0.15) is 12.1 Å². The first-order valence-electron chi connectivity index (χ1n) is 9.67. The molecule has 0 spiro atoms. The predicted octanol–water partition coefficient (Wildman–Crippen LogP) is 2.61. The standard InChI is InChI=1S/C21H32N2O4/c1-5-17(21(26)27-6-2)23-20(25)18(14-15(3)4)22-19(24)13-12-16-10-8-7-9-11-16/h7-11,15,17-18H,5-6,12-14H2,1-4H3,(H,22,24)(H,23,25)/t17-,18-/m0/s1. The Labute approximate surface area is 162 Å². The number of rotatable bonds is 11. The van der Waals surface area contributed by atoms with Gasteiger partial charge in [0, 0.05) is 6.42 Å². The van der Waals surface area contributed by atoms with Crippen molar-refractivity contribution in [3.8, 4) is 0 Å². The lowest BCUT2D eigenvalue weighted by Crippen LogP contribution is -2.52. The number of esters is 1. The second-order valence-electron chi connectivity index (χ2n) is 6.96. The average Bonchev–Trinajstić information content (AvgIpc) is 2.64. The molecule has 0 aliphatic carbocycles. The number of nitrogens with one attached hydrogen (secondary N) is 2. The van der Waals surface area contributed by atoms with E-state index in [2.05, 4.69) is 10.6 Å². The lowest BCUT2D eigenvalue weighted by molar-refractivity contribution is -0.147. The van der Waals surface area contributed by atoms with Gasteiger partial charge in [-0.2, -0.15) is 0 Å². The van der Waals surface area contributed by atoms with Crippen LogP contribution in [-0.4, -0.2) is 36.5 Å². The van der Waals surface area contributed by atoms with Gasteiger partial charge < -0.3 is 15.4 Å². The first-order valence-corrected chi connectivity index (χ1v) is 9.67. The Bertz CT molecular complexity index is 601. The van der Waals surface area contributed by atoms with Gasteiger partial charge >= 0.3 is 5.97 Å². The summed E-state index contributed by atoms with van der Waals surface area (Å²) < 4.78 is 4.98. The molecule has 0 unspecified atom stereocenters. The lowest BCUT2D eigenvalue weighted by Gasteiger charge is -2.23. The number of benzene rings is 1. The minimum atomic E-state index is -0.701. The maximum atomic E-state index is 12.6. The Balaban J connectivity index is 2.65. The summed E-state index contributed by atoms with van der Waals surface area (Å²) in [4.78, 5) is 36.9. The number of hydrogen-bond donors (Lipinski definition) is 2. The smallest absolute Gasteiger partial charge is 0.328 e. The van der Waals surface area contributed by atoms with Gasteiger partial charge in [0.05, 0.1) is 6.61 Å². The summed E-state index contributed by atoms with van der Waals surface area (Å²) in [7, 11) is 0. The maximum absolute atomic E-state index is 12.6. The molecule has 0 bridgehead atoms. The molecule has 6 heteroatoms. The SMILES string of the molecule is CCOC(=O)[C@H](CC)NC(=O)[C@H](CC(C)C)NC(=O)CCc1ccccc1. The third kappa shape index (κ3) is 8.71. The van der Waals surface area contributed by atoms with E-state index in [9.17, 15) is 14.4 Å². The number of aryl methyl sites for hydroxylation is 1. The monoisotopic (exact) mass is 376 g/mol. The molecule has 0 aliphatic rings. The van der Waals surface area contributed by atoms with Crippen molar-refractivity contribution in [1.29, 1.82) is 0 Å². The second kappa shape index (κ2) is 12.1. The molecule has 0 saturated heterocycles. The van der Waals surface area contributed by atoms with Gasteiger partial charge in [0.15, 0.2) is 0 Å². The number of ether oxygens (including phenoxy) is 1. The average molecular weight is 376 g/mol. The molecular weight excluding hydrogens is 344 g/mol. The fraction of sp³-hybridized carbons (Fsp3) is 0.571. The highest BCUT2D eigenvalue weighted by atomic mass is 16.5. The molecule has 0 aromatic heterocycles. The maximum Gasteiger partial charge on any atom is 0.328 e. The van der Waals surface area contributed by atoms with Crippen LogP contribution in [0.2, 0.25) is 0 Å². The molecule has 1 aromatic carbocycles. The van der Waals surface area contributed by atoms with Crippen LogP contribution in [0.4, 0.5) is 0 Å². The first kappa shape index (κ1) is 22.7. The van der Waals surface area contributed by atoms with Gasteiger partial charge in [-0.25, -0.2) is 4.79 Å². The molecule has 6 nitrogen and oxygen atoms in total. The molecule has 27 heavy (non-hydrogen) atoms. The highest BCUT2D eigenvalue weighted by Gasteiger charge is 2.27. The molecule has 0 fully saturated rings. The van der Waals surface area contributed by atoms with Gasteiger partial charge in [-0.15, -0.1) is 0 Å². The van der Waals surface area contributed by atoms with Gasteiger partial charge in [0.25, 0.3) is 0 Å². The summed E-state index contributed by atoms with van der Waals surface area (Å²) in [6, 6.07) is 8.36. The zero-order valence-corrected chi connectivity index (χ0v) is 16.8. The molecule has 0 radical (unpaired) electrons. The number of hydrogen-bond acceptors (Lipinski definition) is 4. The summed E-state index contributed by atoms with van der Waals surface area (Å²) in [6.07, 6.45) is 1.85. The molecular formula is C21H32N2O4. The Kier molecular flexibility index (Phi) is 10.2. The second-order valence-corrected chi connectivity index (χ2v) is 6.96. The van der Waals surface area contributed by atoms with Crippen molar-refractivity contribution in [1.82, 2.24) is 10.6 Å². The van der Waals surface area contributed by atoms with Crippen LogP contribution in [0, 0.1) is 5.92 Å². The van der Waals surface area contributed by atoms with Crippen molar-refractivity contribution in [3.63, 3.8) is 0 Å². The molecule has 2 N–H and O–H groups in total. The normalized spacial score (nSPS) is 12.9. The van der Waals surface area contributed by atoms with Crippen molar-refractivity contribution in [2.75, 3.05) is 6.61 Å². The van der Waals surface area contributed by atoms with E-state index >= 15 is 0 Å². The van der Waals surface area contributed by atoms with Crippen LogP contribution in [0.25, 0.3) is 0 Å². The van der Waals surface area contributed by atoms with Crippen molar-refractivity contribution < 1.29 is 19.1 Å². The van der Waals surface area contributed by atoms with E-state index in [1.165, 1.54) is 0 Å². The van der Waals surface area contributed by atoms with Crippen LogP contribution in [-0.2, 0) is 25.5 Å². The Hall–Kier alpha value is -2.37. The third-order valence-electron chi connectivity index (χ3n) is 4.14. The van der Waals surface area contributed by atoms with Crippen LogP contribution in [0.1, 0.15) is 52.5 Å². The Morgan fingerprint density at radius 2 is 1.67 bits per heavy atom. The number of carbonyl (C=O) groups is 3. The zero-order chi connectivity index (χ0) is 20.2. The number of carbonyl (C=O) groups excluding carboxylic acids is 3. The topological polar surface area (TPSA) is 84.5 Å². The summed E-state index contributed by atoms with van der Waals surface area (Å²) in [6.45, 7) is 7.76. The lowest BCUT2D eigenvalue weighted by atomic mass is 10.0. The first-order chi connectivity index (χ1) is 12.9. The molecule has 2 atom stereocenters. The third-order valence-corrected chi connectivity index (χ3v) is 4.14. The van der Waals surface area contributed by atoms with Crippen LogP contribution in [0.5, 0.6) is 0 Å². The van der Waals surface area contributed by atoms with Crippen LogP contribution >= 0.6 is 0 Å². The fourth-order valence-corrected chi connectivity index (χ4v) is 2.71.